The van der Waals surface area contributed by atoms with Crippen LogP contribution in [0.1, 0.15) is 41.6 Å². The zero-order valence-corrected chi connectivity index (χ0v) is 15.1. The lowest BCUT2D eigenvalue weighted by Gasteiger charge is -2.36. The Morgan fingerprint density at radius 2 is 2.00 bits per heavy atom. The van der Waals surface area contributed by atoms with Gasteiger partial charge >= 0.3 is 0 Å². The van der Waals surface area contributed by atoms with E-state index < -0.39 is 0 Å². The predicted octanol–water partition coefficient (Wildman–Crippen LogP) is 3.29. The van der Waals surface area contributed by atoms with Gasteiger partial charge in [-0.25, -0.2) is 4.39 Å². The van der Waals surface area contributed by atoms with Crippen molar-refractivity contribution in [2.75, 3.05) is 6.54 Å². The van der Waals surface area contributed by atoms with Crippen molar-refractivity contribution in [2.24, 2.45) is 0 Å². The zero-order valence-electron chi connectivity index (χ0n) is 15.1. The normalized spacial score (nSPS) is 16.1. The van der Waals surface area contributed by atoms with Gasteiger partial charge in [-0.2, -0.15) is 0 Å². The molecule has 2 amide bonds. The van der Waals surface area contributed by atoms with Crippen LogP contribution in [0.25, 0.3) is 0 Å². The van der Waals surface area contributed by atoms with E-state index in [1.165, 1.54) is 18.6 Å². The molecule has 1 heterocycles. The molecular formula is C21H23FN2O2. The summed E-state index contributed by atoms with van der Waals surface area (Å²) >= 11 is 0. The number of aryl methyl sites for hydroxylation is 1. The molecule has 4 nitrogen and oxygen atoms in total. The molecule has 2 aromatic carbocycles. The second-order valence-electron chi connectivity index (χ2n) is 6.74. The predicted molar refractivity (Wildman–Crippen MR) is 97.9 cm³/mol. The van der Waals surface area contributed by atoms with Crippen molar-refractivity contribution in [3.8, 4) is 0 Å². The first-order valence-electron chi connectivity index (χ1n) is 8.82. The maximum absolute atomic E-state index is 13.6. The number of benzene rings is 2. The molecule has 0 spiro atoms. The smallest absolute Gasteiger partial charge is 0.222 e. The SMILES string of the molecule is CC(=O)N1CCc2ccccc2C1CC(=O)NCc1ccc(C)c(F)c1. The molecule has 1 N–H and O–H groups in total. The fraction of sp³-hybridized carbons (Fsp3) is 0.333. The van der Waals surface area contributed by atoms with Crippen molar-refractivity contribution in [3.63, 3.8) is 0 Å². The summed E-state index contributed by atoms with van der Waals surface area (Å²) < 4.78 is 13.6. The van der Waals surface area contributed by atoms with Crippen LogP contribution in [-0.4, -0.2) is 23.3 Å². The van der Waals surface area contributed by atoms with Crippen LogP contribution in [-0.2, 0) is 22.6 Å². The van der Waals surface area contributed by atoms with Gasteiger partial charge in [-0.3, -0.25) is 9.59 Å². The lowest BCUT2D eigenvalue weighted by molar-refractivity contribution is -0.133. The first kappa shape index (κ1) is 18.1. The van der Waals surface area contributed by atoms with E-state index in [0.29, 0.717) is 17.7 Å². The molecule has 2 aromatic rings. The Balaban J connectivity index is 1.70. The zero-order chi connectivity index (χ0) is 18.7. The summed E-state index contributed by atoms with van der Waals surface area (Å²) in [5, 5.41) is 2.84. The third kappa shape index (κ3) is 3.93. The second-order valence-corrected chi connectivity index (χ2v) is 6.74. The number of hydrogen-bond acceptors (Lipinski definition) is 2. The van der Waals surface area contributed by atoms with E-state index in [-0.39, 0.29) is 36.6 Å². The quantitative estimate of drug-likeness (QED) is 0.916. The van der Waals surface area contributed by atoms with Crippen LogP contribution in [0.3, 0.4) is 0 Å². The monoisotopic (exact) mass is 354 g/mol. The molecule has 26 heavy (non-hydrogen) atoms. The molecule has 0 aliphatic carbocycles. The van der Waals surface area contributed by atoms with Crippen LogP contribution in [0.4, 0.5) is 4.39 Å². The fourth-order valence-electron chi connectivity index (χ4n) is 3.44. The van der Waals surface area contributed by atoms with Crippen molar-refractivity contribution in [2.45, 2.75) is 39.3 Å². The van der Waals surface area contributed by atoms with Crippen LogP contribution < -0.4 is 5.32 Å². The van der Waals surface area contributed by atoms with Gasteiger partial charge in [0, 0.05) is 20.0 Å². The minimum Gasteiger partial charge on any atom is -0.352 e. The topological polar surface area (TPSA) is 49.4 Å². The van der Waals surface area contributed by atoms with Crippen LogP contribution in [0.15, 0.2) is 42.5 Å². The number of carbonyl (C=O) groups excluding carboxylic acids is 2. The first-order chi connectivity index (χ1) is 12.5. The summed E-state index contributed by atoms with van der Waals surface area (Å²) in [7, 11) is 0. The third-order valence-corrected chi connectivity index (χ3v) is 4.92. The van der Waals surface area contributed by atoms with Crippen LogP contribution in [0.5, 0.6) is 0 Å². The van der Waals surface area contributed by atoms with E-state index in [0.717, 1.165) is 12.0 Å². The molecule has 1 unspecified atom stereocenters. The standard InChI is InChI=1S/C21H23FN2O2/c1-14-7-8-16(11-19(14)22)13-23-21(26)12-20-18-6-4-3-5-17(18)9-10-24(20)15(2)25/h3-8,11,20H,9-10,12-13H2,1-2H3,(H,23,26). The average Bonchev–Trinajstić information content (AvgIpc) is 2.62. The molecule has 1 aliphatic rings. The van der Waals surface area contributed by atoms with Crippen molar-refractivity contribution in [1.82, 2.24) is 10.2 Å². The van der Waals surface area contributed by atoms with Gasteiger partial charge in [0.25, 0.3) is 0 Å². The van der Waals surface area contributed by atoms with Gasteiger partial charge in [0.2, 0.25) is 11.8 Å². The van der Waals surface area contributed by atoms with Gasteiger partial charge in [-0.15, -0.1) is 0 Å². The summed E-state index contributed by atoms with van der Waals surface area (Å²) in [5.74, 6) is -0.461. The van der Waals surface area contributed by atoms with E-state index >= 15 is 0 Å². The summed E-state index contributed by atoms with van der Waals surface area (Å²) in [6, 6.07) is 12.6. The van der Waals surface area contributed by atoms with Gasteiger partial charge in [0.15, 0.2) is 0 Å². The molecule has 1 aliphatic heterocycles. The van der Waals surface area contributed by atoms with E-state index in [2.05, 4.69) is 5.32 Å². The molecule has 136 valence electrons. The van der Waals surface area contributed by atoms with Crippen LogP contribution in [0.2, 0.25) is 0 Å². The van der Waals surface area contributed by atoms with Gasteiger partial charge in [-0.1, -0.05) is 36.4 Å². The molecule has 0 bridgehead atoms. The molecule has 1 atom stereocenters. The highest BCUT2D eigenvalue weighted by Gasteiger charge is 2.30. The Hall–Kier alpha value is -2.69. The highest BCUT2D eigenvalue weighted by Crippen LogP contribution is 2.32. The summed E-state index contributed by atoms with van der Waals surface area (Å²) in [6.45, 7) is 4.13. The van der Waals surface area contributed by atoms with Crippen molar-refractivity contribution in [1.29, 1.82) is 0 Å². The molecule has 0 saturated carbocycles. The Morgan fingerprint density at radius 3 is 2.73 bits per heavy atom. The largest absolute Gasteiger partial charge is 0.352 e. The highest BCUT2D eigenvalue weighted by atomic mass is 19.1. The number of rotatable bonds is 4. The number of nitrogens with one attached hydrogen (secondary N) is 1. The number of hydrogen-bond donors (Lipinski definition) is 1. The van der Waals surface area contributed by atoms with Gasteiger partial charge in [-0.05, 0) is 41.7 Å². The minimum atomic E-state index is -0.277. The Kier molecular flexibility index (Phi) is 5.35. The van der Waals surface area contributed by atoms with E-state index in [9.17, 15) is 14.0 Å². The van der Waals surface area contributed by atoms with Crippen molar-refractivity contribution < 1.29 is 14.0 Å². The maximum Gasteiger partial charge on any atom is 0.222 e. The Labute approximate surface area is 153 Å². The first-order valence-corrected chi connectivity index (χ1v) is 8.82. The maximum atomic E-state index is 13.6. The molecule has 0 saturated heterocycles. The molecule has 5 heteroatoms. The van der Waals surface area contributed by atoms with E-state index in [1.54, 1.807) is 24.0 Å². The Morgan fingerprint density at radius 1 is 1.23 bits per heavy atom. The highest BCUT2D eigenvalue weighted by molar-refractivity contribution is 5.79. The number of nitrogens with zero attached hydrogens (tertiary/aromatic N) is 1. The molecular weight excluding hydrogens is 331 g/mol. The molecule has 3 rings (SSSR count). The third-order valence-electron chi connectivity index (χ3n) is 4.92. The van der Waals surface area contributed by atoms with Crippen LogP contribution in [0, 0.1) is 12.7 Å². The Bertz CT molecular complexity index is 835. The average molecular weight is 354 g/mol. The lowest BCUT2D eigenvalue weighted by atomic mass is 9.90. The summed E-state index contributed by atoms with van der Waals surface area (Å²) in [6.07, 6.45) is 1.00. The number of halogens is 1. The van der Waals surface area contributed by atoms with Crippen LogP contribution >= 0.6 is 0 Å². The summed E-state index contributed by atoms with van der Waals surface area (Å²) in [5.41, 5.74) is 3.51. The van der Waals surface area contributed by atoms with E-state index in [1.807, 2.05) is 24.3 Å². The van der Waals surface area contributed by atoms with Crippen molar-refractivity contribution in [3.05, 3.63) is 70.5 Å². The fourth-order valence-corrected chi connectivity index (χ4v) is 3.44. The van der Waals surface area contributed by atoms with Gasteiger partial charge < -0.3 is 10.2 Å². The number of carbonyl (C=O) groups is 2. The lowest BCUT2D eigenvalue weighted by Crippen LogP contribution is -2.41. The van der Waals surface area contributed by atoms with Gasteiger partial charge in [0.05, 0.1) is 12.5 Å². The molecule has 0 aromatic heterocycles. The van der Waals surface area contributed by atoms with Crippen molar-refractivity contribution >= 4 is 11.8 Å². The number of amides is 2. The molecule has 0 radical (unpaired) electrons. The minimum absolute atomic E-state index is 0.0297. The van der Waals surface area contributed by atoms with E-state index in [4.69, 9.17) is 0 Å². The molecule has 0 fully saturated rings. The van der Waals surface area contributed by atoms with Gasteiger partial charge in [0.1, 0.15) is 5.82 Å². The second kappa shape index (κ2) is 7.68. The summed E-state index contributed by atoms with van der Waals surface area (Å²) in [4.78, 5) is 26.2. The number of fused-ring (bicyclic) bond motifs is 1.